The third-order valence-electron chi connectivity index (χ3n) is 7.64. The summed E-state index contributed by atoms with van der Waals surface area (Å²) in [4.78, 5) is 31.6. The van der Waals surface area contributed by atoms with Gasteiger partial charge in [0.25, 0.3) is 11.8 Å². The lowest BCUT2D eigenvalue weighted by molar-refractivity contribution is -0.140. The Labute approximate surface area is 257 Å². The predicted molar refractivity (Wildman–Crippen MR) is 160 cm³/mol. The van der Waals surface area contributed by atoms with Crippen LogP contribution in [0.3, 0.4) is 0 Å². The molecule has 1 aliphatic rings. The second kappa shape index (κ2) is 13.7. The van der Waals surface area contributed by atoms with Crippen molar-refractivity contribution in [1.82, 2.24) is 25.1 Å². The first kappa shape index (κ1) is 33.5. The van der Waals surface area contributed by atoms with Gasteiger partial charge in [0.2, 0.25) is 0 Å². The van der Waals surface area contributed by atoms with Crippen LogP contribution in [0, 0.1) is 23.6 Å². The summed E-state index contributed by atoms with van der Waals surface area (Å²) >= 11 is 0. The van der Waals surface area contributed by atoms with Gasteiger partial charge in [0.1, 0.15) is 29.8 Å². The van der Waals surface area contributed by atoms with E-state index in [1.807, 2.05) is 25.7 Å². The number of amides is 2. The second-order valence-corrected chi connectivity index (χ2v) is 11.2. The molecule has 1 aliphatic heterocycles. The van der Waals surface area contributed by atoms with Crippen molar-refractivity contribution in [1.29, 1.82) is 0 Å². The fourth-order valence-corrected chi connectivity index (χ4v) is 5.32. The number of benzene rings is 2. The molecule has 1 fully saturated rings. The molecule has 0 bridgehead atoms. The lowest BCUT2D eigenvalue weighted by Crippen LogP contribution is -2.58. The van der Waals surface area contributed by atoms with E-state index in [1.54, 1.807) is 0 Å². The number of alkyl halides is 4. The predicted octanol–water partition coefficient (Wildman–Crippen LogP) is 4.37. The fraction of sp³-hybridized carbons (Fsp3) is 0.452. The van der Waals surface area contributed by atoms with Crippen LogP contribution in [0.15, 0.2) is 30.6 Å². The van der Waals surface area contributed by atoms with Crippen LogP contribution in [0.5, 0.6) is 5.75 Å². The normalized spacial score (nSPS) is 18.8. The summed E-state index contributed by atoms with van der Waals surface area (Å²) in [5.74, 6) is 3.46. The minimum Gasteiger partial charge on any atom is -0.494 e. The van der Waals surface area contributed by atoms with Gasteiger partial charge in [0, 0.05) is 37.8 Å². The first-order valence-electron chi connectivity index (χ1n) is 14.3. The number of piperidine rings is 1. The first-order valence-corrected chi connectivity index (χ1v) is 14.3. The van der Waals surface area contributed by atoms with Crippen molar-refractivity contribution in [3.8, 4) is 17.6 Å². The van der Waals surface area contributed by atoms with Gasteiger partial charge in [-0.25, -0.2) is 13.8 Å². The molecule has 2 heterocycles. The molecular weight excluding hydrogens is 599 g/mol. The molecule has 0 saturated carbocycles. The van der Waals surface area contributed by atoms with E-state index in [4.69, 9.17) is 4.74 Å². The van der Waals surface area contributed by atoms with Gasteiger partial charge < -0.3 is 25.3 Å². The maximum atomic E-state index is 15.2. The number of nitrogens with zero attached hydrogens (tertiary/aromatic N) is 3. The third-order valence-corrected chi connectivity index (χ3v) is 7.64. The highest BCUT2D eigenvalue weighted by Crippen LogP contribution is 2.29. The molecule has 0 unspecified atom stereocenters. The molecule has 242 valence electrons. The number of anilines is 1. The van der Waals surface area contributed by atoms with Crippen LogP contribution in [0.4, 0.5) is 27.6 Å². The zero-order valence-electron chi connectivity index (χ0n) is 25.5. The molecule has 1 saturated heterocycles. The lowest BCUT2D eigenvalue weighted by atomic mass is 9.91. The van der Waals surface area contributed by atoms with E-state index in [2.05, 4.69) is 32.8 Å². The molecule has 0 spiro atoms. The highest BCUT2D eigenvalue weighted by Gasteiger charge is 2.37. The van der Waals surface area contributed by atoms with E-state index in [0.717, 1.165) is 17.0 Å². The molecule has 3 atom stereocenters. The Hall–Kier alpha value is -4.38. The summed E-state index contributed by atoms with van der Waals surface area (Å²) in [5, 5.41) is 8.03. The van der Waals surface area contributed by atoms with Crippen LogP contribution in [-0.2, 0) is 6.54 Å². The number of hydrogen-bond acceptors (Lipinski definition) is 6. The Kier molecular flexibility index (Phi) is 10.2. The molecule has 2 aromatic carbocycles. The van der Waals surface area contributed by atoms with E-state index in [1.165, 1.54) is 32.4 Å². The monoisotopic (exact) mass is 634 g/mol. The summed E-state index contributed by atoms with van der Waals surface area (Å²) in [7, 11) is 2.69. The molecule has 1 aromatic heterocycles. The number of hydrogen-bond donors (Lipinski definition) is 3. The molecule has 0 radical (unpaired) electrons. The van der Waals surface area contributed by atoms with Gasteiger partial charge in [-0.05, 0) is 38.0 Å². The maximum Gasteiger partial charge on any atom is 0.406 e. The summed E-state index contributed by atoms with van der Waals surface area (Å²) in [5.41, 5.74) is 0.311. The Balaban J connectivity index is 1.63. The second-order valence-electron chi connectivity index (χ2n) is 11.2. The highest BCUT2D eigenvalue weighted by molar-refractivity contribution is 6.05. The molecule has 2 amide bonds. The van der Waals surface area contributed by atoms with E-state index < -0.39 is 42.6 Å². The van der Waals surface area contributed by atoms with Crippen molar-refractivity contribution in [2.75, 3.05) is 39.1 Å². The molecule has 9 nitrogen and oxygen atoms in total. The van der Waals surface area contributed by atoms with Gasteiger partial charge in [-0.2, -0.15) is 13.2 Å². The van der Waals surface area contributed by atoms with Crippen LogP contribution in [0.2, 0.25) is 0 Å². The summed E-state index contributed by atoms with van der Waals surface area (Å²) in [6.45, 7) is 5.11. The number of likely N-dealkylation sites (tertiary alicyclic amines) is 1. The Bertz CT molecular complexity index is 1620. The minimum absolute atomic E-state index is 0.0286. The van der Waals surface area contributed by atoms with Gasteiger partial charge in [0.15, 0.2) is 0 Å². The SMILES string of the molecule is CNC(=O)c1cc(NCC#Cc2cc(C(=O)N[C@@H]3[C@@H](C)CN(C(C)C)C[C@@H]3F)c3ncn(CC(F)(F)F)c3c2)c(OC)cc1F. The van der Waals surface area contributed by atoms with Crippen molar-refractivity contribution >= 4 is 28.5 Å². The van der Waals surface area contributed by atoms with E-state index in [0.29, 0.717) is 6.54 Å². The smallest absolute Gasteiger partial charge is 0.406 e. The summed E-state index contributed by atoms with van der Waals surface area (Å²) < 4.78 is 75.5. The minimum atomic E-state index is -4.55. The van der Waals surface area contributed by atoms with Gasteiger partial charge in [-0.15, -0.1) is 0 Å². The van der Waals surface area contributed by atoms with Crippen molar-refractivity contribution in [2.24, 2.45) is 5.92 Å². The molecule has 3 N–H and O–H groups in total. The van der Waals surface area contributed by atoms with E-state index in [9.17, 15) is 27.2 Å². The van der Waals surface area contributed by atoms with Crippen molar-refractivity contribution in [3.05, 3.63) is 53.1 Å². The van der Waals surface area contributed by atoms with Crippen molar-refractivity contribution < 1.29 is 36.3 Å². The molecular formula is C31H35F5N6O3. The van der Waals surface area contributed by atoms with Crippen LogP contribution in [-0.4, -0.2) is 84.5 Å². The number of methoxy groups -OCH3 is 1. The van der Waals surface area contributed by atoms with Crippen LogP contribution < -0.4 is 20.7 Å². The number of aromatic nitrogens is 2. The first-order chi connectivity index (χ1) is 21.2. The van der Waals surface area contributed by atoms with Crippen LogP contribution >= 0.6 is 0 Å². The number of nitrogens with one attached hydrogen (secondary N) is 3. The summed E-state index contributed by atoms with van der Waals surface area (Å²) in [6.07, 6.45) is -4.90. The zero-order chi connectivity index (χ0) is 33.1. The van der Waals surface area contributed by atoms with Crippen LogP contribution in [0.1, 0.15) is 47.1 Å². The maximum absolute atomic E-state index is 15.2. The standard InChI is InChI=1S/C31H35F5N6O3/c1-17(2)41-13-18(3)27(23(33)14-41)40-30(44)21-9-19(10-25-28(21)39-16-42(25)15-31(34,35)36)7-6-8-38-24-11-20(29(43)37-4)22(32)12-26(24)45-5/h9-12,16-18,23,27,38H,8,13-15H2,1-5H3,(H,37,43)(H,40,44)/t18-,23-,27+/m0/s1. The number of rotatable bonds is 8. The van der Waals surface area contributed by atoms with E-state index in [-0.39, 0.29) is 64.2 Å². The van der Waals surface area contributed by atoms with E-state index >= 15 is 4.39 Å². The largest absolute Gasteiger partial charge is 0.494 e. The van der Waals surface area contributed by atoms with Crippen molar-refractivity contribution in [2.45, 2.75) is 51.7 Å². The number of carbonyl (C=O) groups is 2. The number of halogens is 5. The third kappa shape index (κ3) is 7.83. The lowest BCUT2D eigenvalue weighted by Gasteiger charge is -2.41. The zero-order valence-corrected chi connectivity index (χ0v) is 25.5. The average Bonchev–Trinajstić information content (AvgIpc) is 3.37. The van der Waals surface area contributed by atoms with Crippen LogP contribution in [0.25, 0.3) is 11.0 Å². The molecule has 14 heteroatoms. The summed E-state index contributed by atoms with van der Waals surface area (Å²) in [6, 6.07) is 4.44. The Morgan fingerprint density at radius 1 is 1.13 bits per heavy atom. The topological polar surface area (TPSA) is 101 Å². The van der Waals surface area contributed by atoms with Crippen molar-refractivity contribution in [3.63, 3.8) is 0 Å². The number of imidazole rings is 1. The van der Waals surface area contributed by atoms with Gasteiger partial charge in [-0.3, -0.25) is 14.5 Å². The number of ether oxygens (including phenoxy) is 1. The van der Waals surface area contributed by atoms with Gasteiger partial charge >= 0.3 is 6.18 Å². The molecule has 45 heavy (non-hydrogen) atoms. The van der Waals surface area contributed by atoms with Gasteiger partial charge in [-0.1, -0.05) is 18.8 Å². The Morgan fingerprint density at radius 2 is 1.87 bits per heavy atom. The average molecular weight is 635 g/mol. The Morgan fingerprint density at radius 3 is 2.49 bits per heavy atom. The number of carbonyl (C=O) groups excluding carboxylic acids is 2. The highest BCUT2D eigenvalue weighted by atomic mass is 19.4. The fourth-order valence-electron chi connectivity index (χ4n) is 5.32. The molecule has 4 rings (SSSR count). The number of fused-ring (bicyclic) bond motifs is 1. The molecule has 3 aromatic rings. The van der Waals surface area contributed by atoms with Gasteiger partial charge in [0.05, 0.1) is 48.4 Å². The molecule has 0 aliphatic carbocycles. The quantitative estimate of drug-likeness (QED) is 0.252.